The first kappa shape index (κ1) is 14.4. The van der Waals surface area contributed by atoms with E-state index in [9.17, 15) is 14.7 Å². The monoisotopic (exact) mass is 249 g/mol. The van der Waals surface area contributed by atoms with Gasteiger partial charge in [0.05, 0.1) is 6.10 Å². The summed E-state index contributed by atoms with van der Waals surface area (Å²) in [6.45, 7) is 4.23. The molecule has 0 heterocycles. The topological polar surface area (TPSA) is 66.4 Å². The standard InChI is InChI=1S/C14H19NO3/c1-10(7-11(2)17)8-15-14(18)13-5-3-12(9-16)4-6-13/h3-6,9-11,17H,7-8H2,1-2H3,(H,15,18). The molecule has 0 saturated carbocycles. The largest absolute Gasteiger partial charge is 0.393 e. The number of hydrogen-bond donors (Lipinski definition) is 2. The molecular weight excluding hydrogens is 230 g/mol. The van der Waals surface area contributed by atoms with Gasteiger partial charge in [0.25, 0.3) is 5.91 Å². The second-order valence-electron chi connectivity index (χ2n) is 4.64. The van der Waals surface area contributed by atoms with Crippen LogP contribution in [-0.4, -0.2) is 29.9 Å². The van der Waals surface area contributed by atoms with Gasteiger partial charge >= 0.3 is 0 Å². The summed E-state index contributed by atoms with van der Waals surface area (Å²) >= 11 is 0. The summed E-state index contributed by atoms with van der Waals surface area (Å²) in [6, 6.07) is 6.47. The average Bonchev–Trinajstić information content (AvgIpc) is 2.35. The number of aliphatic hydroxyl groups is 1. The van der Waals surface area contributed by atoms with E-state index in [0.29, 0.717) is 24.1 Å². The second-order valence-corrected chi connectivity index (χ2v) is 4.64. The zero-order valence-electron chi connectivity index (χ0n) is 10.7. The van der Waals surface area contributed by atoms with Gasteiger partial charge in [0.15, 0.2) is 0 Å². The Kier molecular flexibility index (Phi) is 5.52. The summed E-state index contributed by atoms with van der Waals surface area (Å²) in [5.41, 5.74) is 1.08. The summed E-state index contributed by atoms with van der Waals surface area (Å²) in [4.78, 5) is 22.3. The van der Waals surface area contributed by atoms with Gasteiger partial charge < -0.3 is 10.4 Å². The lowest BCUT2D eigenvalue weighted by Gasteiger charge is -2.14. The lowest BCUT2D eigenvalue weighted by Crippen LogP contribution is -2.29. The van der Waals surface area contributed by atoms with E-state index in [1.165, 1.54) is 0 Å². The Balaban J connectivity index is 2.47. The van der Waals surface area contributed by atoms with Crippen LogP contribution < -0.4 is 5.32 Å². The number of benzene rings is 1. The predicted octanol–water partition coefficient (Wildman–Crippen LogP) is 1.64. The highest BCUT2D eigenvalue weighted by molar-refractivity contribution is 5.94. The quantitative estimate of drug-likeness (QED) is 0.753. The molecule has 0 fully saturated rings. The molecule has 4 nitrogen and oxygen atoms in total. The first-order valence-corrected chi connectivity index (χ1v) is 6.04. The molecule has 1 aromatic carbocycles. The zero-order chi connectivity index (χ0) is 13.5. The van der Waals surface area contributed by atoms with Crippen LogP contribution in [0, 0.1) is 5.92 Å². The maximum Gasteiger partial charge on any atom is 0.251 e. The molecule has 0 spiro atoms. The first-order chi connectivity index (χ1) is 8.52. The van der Waals surface area contributed by atoms with Crippen molar-refractivity contribution in [1.29, 1.82) is 0 Å². The van der Waals surface area contributed by atoms with E-state index in [-0.39, 0.29) is 17.9 Å². The van der Waals surface area contributed by atoms with Crippen molar-refractivity contribution >= 4 is 12.2 Å². The Bertz CT molecular complexity index is 398. The summed E-state index contributed by atoms with van der Waals surface area (Å²) in [7, 11) is 0. The molecule has 98 valence electrons. The average molecular weight is 249 g/mol. The van der Waals surface area contributed by atoms with Gasteiger partial charge in [-0.1, -0.05) is 19.1 Å². The van der Waals surface area contributed by atoms with Crippen LogP contribution in [0.2, 0.25) is 0 Å². The number of nitrogens with one attached hydrogen (secondary N) is 1. The van der Waals surface area contributed by atoms with Crippen molar-refractivity contribution in [2.45, 2.75) is 26.4 Å². The Morgan fingerprint density at radius 2 is 1.94 bits per heavy atom. The van der Waals surface area contributed by atoms with E-state index < -0.39 is 0 Å². The van der Waals surface area contributed by atoms with E-state index >= 15 is 0 Å². The normalized spacial score (nSPS) is 13.7. The summed E-state index contributed by atoms with van der Waals surface area (Å²) in [5.74, 6) is 0.0630. The van der Waals surface area contributed by atoms with Crippen molar-refractivity contribution in [3.8, 4) is 0 Å². The Morgan fingerprint density at radius 3 is 2.44 bits per heavy atom. The van der Waals surface area contributed by atoms with Crippen molar-refractivity contribution in [2.75, 3.05) is 6.54 Å². The van der Waals surface area contributed by atoms with Crippen molar-refractivity contribution in [3.05, 3.63) is 35.4 Å². The third-order valence-electron chi connectivity index (χ3n) is 2.66. The lowest BCUT2D eigenvalue weighted by molar-refractivity contribution is 0.0939. The smallest absolute Gasteiger partial charge is 0.251 e. The number of carbonyl (C=O) groups excluding carboxylic acids is 2. The third-order valence-corrected chi connectivity index (χ3v) is 2.66. The van der Waals surface area contributed by atoms with Gasteiger partial charge in [0.2, 0.25) is 0 Å². The van der Waals surface area contributed by atoms with Crippen LogP contribution in [0.15, 0.2) is 24.3 Å². The number of hydrogen-bond acceptors (Lipinski definition) is 3. The van der Waals surface area contributed by atoms with Gasteiger partial charge in [-0.25, -0.2) is 0 Å². The highest BCUT2D eigenvalue weighted by Crippen LogP contribution is 2.06. The molecule has 2 unspecified atom stereocenters. The van der Waals surface area contributed by atoms with E-state index in [0.717, 1.165) is 6.29 Å². The highest BCUT2D eigenvalue weighted by atomic mass is 16.3. The van der Waals surface area contributed by atoms with Gasteiger partial charge in [-0.3, -0.25) is 9.59 Å². The number of rotatable bonds is 6. The van der Waals surface area contributed by atoms with Crippen molar-refractivity contribution in [1.82, 2.24) is 5.32 Å². The number of aldehydes is 1. The molecule has 0 aliphatic carbocycles. The molecule has 2 atom stereocenters. The number of aliphatic hydroxyl groups excluding tert-OH is 1. The molecule has 0 aromatic heterocycles. The van der Waals surface area contributed by atoms with Crippen molar-refractivity contribution in [3.63, 3.8) is 0 Å². The fourth-order valence-corrected chi connectivity index (χ4v) is 1.75. The van der Waals surface area contributed by atoms with Crippen LogP contribution in [0.4, 0.5) is 0 Å². The Morgan fingerprint density at radius 1 is 1.33 bits per heavy atom. The molecule has 1 amide bonds. The fourth-order valence-electron chi connectivity index (χ4n) is 1.75. The maximum atomic E-state index is 11.8. The molecule has 0 saturated heterocycles. The highest BCUT2D eigenvalue weighted by Gasteiger charge is 2.09. The fraction of sp³-hybridized carbons (Fsp3) is 0.429. The van der Waals surface area contributed by atoms with Crippen molar-refractivity contribution < 1.29 is 14.7 Å². The number of carbonyl (C=O) groups is 2. The van der Waals surface area contributed by atoms with E-state index in [4.69, 9.17) is 0 Å². The van der Waals surface area contributed by atoms with Gasteiger partial charge in [-0.2, -0.15) is 0 Å². The minimum Gasteiger partial charge on any atom is -0.393 e. The molecule has 2 N–H and O–H groups in total. The molecule has 4 heteroatoms. The minimum absolute atomic E-state index is 0.162. The first-order valence-electron chi connectivity index (χ1n) is 6.04. The predicted molar refractivity (Wildman–Crippen MR) is 69.6 cm³/mol. The SMILES string of the molecule is CC(O)CC(C)CNC(=O)c1ccc(C=O)cc1. The molecule has 1 aromatic rings. The Labute approximate surface area is 107 Å². The molecule has 0 bridgehead atoms. The van der Waals surface area contributed by atoms with Crippen LogP contribution in [0.1, 0.15) is 41.0 Å². The molecule has 0 radical (unpaired) electrons. The van der Waals surface area contributed by atoms with Gasteiger partial charge in [0.1, 0.15) is 6.29 Å². The molecule has 1 rings (SSSR count). The van der Waals surface area contributed by atoms with Crippen LogP contribution in [0.5, 0.6) is 0 Å². The minimum atomic E-state index is -0.358. The number of amides is 1. The lowest BCUT2D eigenvalue weighted by atomic mass is 10.0. The van der Waals surface area contributed by atoms with E-state index in [1.54, 1.807) is 31.2 Å². The summed E-state index contributed by atoms with van der Waals surface area (Å²) < 4.78 is 0. The summed E-state index contributed by atoms with van der Waals surface area (Å²) in [5, 5.41) is 12.0. The second kappa shape index (κ2) is 6.91. The molecule has 0 aliphatic heterocycles. The van der Waals surface area contributed by atoms with E-state index in [2.05, 4.69) is 5.32 Å². The molecule has 18 heavy (non-hydrogen) atoms. The van der Waals surface area contributed by atoms with Crippen LogP contribution in [0.3, 0.4) is 0 Å². The Hall–Kier alpha value is -1.68. The van der Waals surface area contributed by atoms with Gasteiger partial charge in [-0.15, -0.1) is 0 Å². The van der Waals surface area contributed by atoms with Crippen molar-refractivity contribution in [2.24, 2.45) is 5.92 Å². The van der Waals surface area contributed by atoms with E-state index in [1.807, 2.05) is 6.92 Å². The van der Waals surface area contributed by atoms with Crippen LogP contribution in [-0.2, 0) is 0 Å². The molecular formula is C14H19NO3. The van der Waals surface area contributed by atoms with Crippen LogP contribution in [0.25, 0.3) is 0 Å². The molecule has 0 aliphatic rings. The zero-order valence-corrected chi connectivity index (χ0v) is 10.7. The maximum absolute atomic E-state index is 11.8. The van der Waals surface area contributed by atoms with Gasteiger partial charge in [-0.05, 0) is 31.4 Å². The van der Waals surface area contributed by atoms with Crippen LogP contribution >= 0.6 is 0 Å². The van der Waals surface area contributed by atoms with Gasteiger partial charge in [0, 0.05) is 17.7 Å². The third kappa shape index (κ3) is 4.67. The summed E-state index contributed by atoms with van der Waals surface area (Å²) in [6.07, 6.45) is 1.04.